The number of likely N-dealkylation sites (N-methyl/N-ethyl adjacent to an activating group) is 1. The molecule has 3 amide bonds. The van der Waals surface area contributed by atoms with Gasteiger partial charge in [-0.15, -0.1) is 0 Å². The largest absolute Gasteiger partial charge is 0.346 e. The van der Waals surface area contributed by atoms with Gasteiger partial charge in [0.15, 0.2) is 12.0 Å². The molecule has 3 aliphatic rings. The Morgan fingerprint density at radius 3 is 2.42 bits per heavy atom. The number of amides is 3. The van der Waals surface area contributed by atoms with Crippen LogP contribution >= 0.6 is 0 Å². The quantitative estimate of drug-likeness (QED) is 0.743. The van der Waals surface area contributed by atoms with E-state index in [-0.39, 0.29) is 30.3 Å². The SMILES string of the molecule is Cc1cccc(NC(=O)Nc2ccc(C(=O)N3[C@@H]4O[C@H](CN3C)[C@H]3OC(C)(C)O[C@H]34)cc2)c1. The van der Waals surface area contributed by atoms with Gasteiger partial charge in [-0.1, -0.05) is 12.1 Å². The van der Waals surface area contributed by atoms with Gasteiger partial charge in [0.2, 0.25) is 0 Å². The molecule has 2 bridgehead atoms. The first-order valence-corrected chi connectivity index (χ1v) is 11.0. The Morgan fingerprint density at radius 2 is 1.70 bits per heavy atom. The molecule has 0 aromatic heterocycles. The van der Waals surface area contributed by atoms with Crippen molar-refractivity contribution in [1.29, 1.82) is 0 Å². The Labute approximate surface area is 192 Å². The van der Waals surface area contributed by atoms with Gasteiger partial charge in [0.05, 0.1) is 0 Å². The molecule has 3 heterocycles. The summed E-state index contributed by atoms with van der Waals surface area (Å²) in [6.07, 6.45) is -1.24. The van der Waals surface area contributed by atoms with Crippen LogP contribution in [0.4, 0.5) is 16.2 Å². The molecule has 4 atom stereocenters. The number of nitrogens with one attached hydrogen (secondary N) is 2. The molecule has 9 nitrogen and oxygen atoms in total. The summed E-state index contributed by atoms with van der Waals surface area (Å²) in [7, 11) is 1.86. The number of anilines is 2. The van der Waals surface area contributed by atoms with Gasteiger partial charge in [0, 0.05) is 30.5 Å². The predicted molar refractivity (Wildman–Crippen MR) is 122 cm³/mol. The van der Waals surface area contributed by atoms with Gasteiger partial charge in [-0.2, -0.15) is 0 Å². The van der Waals surface area contributed by atoms with E-state index < -0.39 is 12.0 Å². The summed E-state index contributed by atoms with van der Waals surface area (Å²) in [5.41, 5.74) is 2.83. The number of aryl methyl sites for hydroxylation is 1. The molecule has 0 aliphatic carbocycles. The van der Waals surface area contributed by atoms with E-state index in [1.165, 1.54) is 0 Å². The van der Waals surface area contributed by atoms with Gasteiger partial charge < -0.3 is 24.8 Å². The molecule has 3 saturated heterocycles. The highest BCUT2D eigenvalue weighted by Crippen LogP contribution is 2.43. The lowest BCUT2D eigenvalue weighted by Gasteiger charge is -2.42. The van der Waals surface area contributed by atoms with Crippen molar-refractivity contribution >= 4 is 23.3 Å². The monoisotopic (exact) mass is 452 g/mol. The number of hydrazine groups is 1. The molecular formula is C24H28N4O5. The Kier molecular flexibility index (Phi) is 5.37. The number of fused-ring (bicyclic) bond motifs is 5. The van der Waals surface area contributed by atoms with Crippen molar-refractivity contribution in [2.45, 2.75) is 51.1 Å². The average molecular weight is 453 g/mol. The Bertz CT molecular complexity index is 1070. The van der Waals surface area contributed by atoms with Crippen molar-refractivity contribution in [2.75, 3.05) is 24.2 Å². The molecular weight excluding hydrogens is 424 g/mol. The van der Waals surface area contributed by atoms with E-state index in [4.69, 9.17) is 14.2 Å². The van der Waals surface area contributed by atoms with E-state index in [1.54, 1.807) is 29.3 Å². The number of ether oxygens (including phenoxy) is 3. The summed E-state index contributed by atoms with van der Waals surface area (Å²) in [5, 5.41) is 9.04. The minimum absolute atomic E-state index is 0.144. The predicted octanol–water partition coefficient (Wildman–Crippen LogP) is 3.19. The summed E-state index contributed by atoms with van der Waals surface area (Å²) < 4.78 is 18.1. The van der Waals surface area contributed by atoms with Crippen molar-refractivity contribution in [3.63, 3.8) is 0 Å². The van der Waals surface area contributed by atoms with E-state index in [0.717, 1.165) is 5.56 Å². The molecule has 2 N–H and O–H groups in total. The number of rotatable bonds is 3. The first-order valence-electron chi connectivity index (χ1n) is 11.0. The van der Waals surface area contributed by atoms with Crippen molar-refractivity contribution in [2.24, 2.45) is 0 Å². The first kappa shape index (κ1) is 21.8. The molecule has 0 saturated carbocycles. The second-order valence-electron chi connectivity index (χ2n) is 9.15. The normalized spacial score (nSPS) is 27.8. The molecule has 5 rings (SSSR count). The number of nitrogens with zero attached hydrogens (tertiary/aromatic N) is 2. The summed E-state index contributed by atoms with van der Waals surface area (Å²) >= 11 is 0. The molecule has 2 aromatic carbocycles. The molecule has 0 radical (unpaired) electrons. The second-order valence-corrected chi connectivity index (χ2v) is 9.15. The van der Waals surface area contributed by atoms with E-state index in [2.05, 4.69) is 10.6 Å². The molecule has 174 valence electrons. The highest BCUT2D eigenvalue weighted by atomic mass is 16.8. The van der Waals surface area contributed by atoms with E-state index in [9.17, 15) is 9.59 Å². The molecule has 2 aromatic rings. The summed E-state index contributed by atoms with van der Waals surface area (Å²) in [5.74, 6) is -0.905. The minimum Gasteiger partial charge on any atom is -0.346 e. The fraction of sp³-hybridized carbons (Fsp3) is 0.417. The Balaban J connectivity index is 1.26. The van der Waals surface area contributed by atoms with Crippen LogP contribution in [0.15, 0.2) is 48.5 Å². The van der Waals surface area contributed by atoms with Crippen molar-refractivity contribution in [1.82, 2.24) is 10.0 Å². The zero-order valence-electron chi connectivity index (χ0n) is 19.1. The van der Waals surface area contributed by atoms with Crippen LogP contribution < -0.4 is 10.6 Å². The molecule has 0 unspecified atom stereocenters. The van der Waals surface area contributed by atoms with Crippen LogP contribution in [0, 0.1) is 6.92 Å². The highest BCUT2D eigenvalue weighted by Gasteiger charge is 2.61. The smallest absolute Gasteiger partial charge is 0.323 e. The number of hydrogen-bond acceptors (Lipinski definition) is 6. The summed E-state index contributed by atoms with van der Waals surface area (Å²) in [4.78, 5) is 25.7. The van der Waals surface area contributed by atoms with Gasteiger partial charge in [0.1, 0.15) is 18.3 Å². The maximum absolute atomic E-state index is 13.4. The van der Waals surface area contributed by atoms with Crippen LogP contribution in [-0.2, 0) is 14.2 Å². The highest BCUT2D eigenvalue weighted by molar-refractivity contribution is 6.00. The fourth-order valence-corrected chi connectivity index (χ4v) is 4.66. The standard InChI is InChI=1S/C24H28N4O5/c1-14-6-5-7-17(12-14)26-23(30)25-16-10-8-15(9-11-16)21(29)28-22-20-19(32-24(2,3)33-20)18(31-22)13-27(28)4/h5-12,18-20,22H,13H2,1-4H3,(H2,25,26,30)/t18-,19-,20-,22-/m1/s1. The van der Waals surface area contributed by atoms with Crippen LogP contribution in [0.2, 0.25) is 0 Å². The van der Waals surface area contributed by atoms with E-state index in [1.807, 2.05) is 57.1 Å². The van der Waals surface area contributed by atoms with Crippen LogP contribution in [-0.4, -0.2) is 65.9 Å². The lowest BCUT2D eigenvalue weighted by atomic mass is 10.1. The minimum atomic E-state index is -0.702. The third kappa shape index (κ3) is 4.20. The number of carbonyl (C=O) groups is 2. The zero-order chi connectivity index (χ0) is 23.3. The third-order valence-electron chi connectivity index (χ3n) is 6.05. The van der Waals surface area contributed by atoms with E-state index in [0.29, 0.717) is 23.5 Å². The van der Waals surface area contributed by atoms with Crippen molar-refractivity contribution < 1.29 is 23.8 Å². The maximum atomic E-state index is 13.4. The van der Waals surface area contributed by atoms with Gasteiger partial charge in [-0.25, -0.2) is 14.8 Å². The van der Waals surface area contributed by atoms with Gasteiger partial charge >= 0.3 is 6.03 Å². The van der Waals surface area contributed by atoms with E-state index >= 15 is 0 Å². The van der Waals surface area contributed by atoms with Gasteiger partial charge in [0.25, 0.3) is 5.91 Å². The lowest BCUT2D eigenvalue weighted by Crippen LogP contribution is -2.58. The topological polar surface area (TPSA) is 92.4 Å². The van der Waals surface area contributed by atoms with Crippen LogP contribution in [0.25, 0.3) is 0 Å². The zero-order valence-corrected chi connectivity index (χ0v) is 19.1. The fourth-order valence-electron chi connectivity index (χ4n) is 4.66. The molecule has 3 fully saturated rings. The lowest BCUT2D eigenvalue weighted by molar-refractivity contribution is -0.248. The number of carbonyl (C=O) groups excluding carboxylic acids is 2. The summed E-state index contributed by atoms with van der Waals surface area (Å²) in [6.45, 7) is 6.24. The first-order chi connectivity index (χ1) is 15.7. The molecule has 33 heavy (non-hydrogen) atoms. The van der Waals surface area contributed by atoms with Crippen LogP contribution in [0.3, 0.4) is 0 Å². The number of benzene rings is 2. The molecule has 3 aliphatic heterocycles. The van der Waals surface area contributed by atoms with Crippen LogP contribution in [0.5, 0.6) is 0 Å². The van der Waals surface area contributed by atoms with Gasteiger partial charge in [-0.05, 0) is 62.7 Å². The number of hydrogen-bond donors (Lipinski definition) is 2. The third-order valence-corrected chi connectivity index (χ3v) is 6.05. The van der Waals surface area contributed by atoms with Crippen molar-refractivity contribution in [3.8, 4) is 0 Å². The summed E-state index contributed by atoms with van der Waals surface area (Å²) in [6, 6.07) is 14.0. The average Bonchev–Trinajstić information content (AvgIpc) is 3.20. The van der Waals surface area contributed by atoms with Crippen molar-refractivity contribution in [3.05, 3.63) is 59.7 Å². The van der Waals surface area contributed by atoms with Gasteiger partial charge in [-0.3, -0.25) is 4.79 Å². The maximum Gasteiger partial charge on any atom is 0.323 e. The number of urea groups is 1. The second kappa shape index (κ2) is 8.11. The Hall–Kier alpha value is -2.98. The molecule has 0 spiro atoms. The molecule has 9 heteroatoms. The van der Waals surface area contributed by atoms with Crippen LogP contribution in [0.1, 0.15) is 29.8 Å². The Morgan fingerprint density at radius 1 is 1.00 bits per heavy atom.